The van der Waals surface area contributed by atoms with Crippen molar-refractivity contribution in [3.05, 3.63) is 17.5 Å². The van der Waals surface area contributed by atoms with E-state index < -0.39 is 17.5 Å². The van der Waals surface area contributed by atoms with E-state index in [4.69, 9.17) is 4.74 Å². The third-order valence-electron chi connectivity index (χ3n) is 5.42. The fourth-order valence-corrected chi connectivity index (χ4v) is 3.88. The number of rotatable bonds is 1. The van der Waals surface area contributed by atoms with Crippen molar-refractivity contribution in [1.29, 1.82) is 0 Å². The number of nitrogens with zero attached hydrogens (tertiary/aromatic N) is 4. The fraction of sp³-hybridized carbons (Fsp3) is 0.737. The van der Waals surface area contributed by atoms with Gasteiger partial charge in [0.25, 0.3) is 0 Å². The van der Waals surface area contributed by atoms with Crippen LogP contribution in [0.4, 0.5) is 23.9 Å². The van der Waals surface area contributed by atoms with Crippen molar-refractivity contribution < 1.29 is 22.7 Å². The van der Waals surface area contributed by atoms with Crippen molar-refractivity contribution in [2.75, 3.05) is 31.1 Å². The first-order valence-electron chi connectivity index (χ1n) is 9.52. The number of aryl methyl sites for hydroxylation is 1. The molecule has 0 radical (unpaired) electrons. The van der Waals surface area contributed by atoms with Gasteiger partial charge in [0.2, 0.25) is 5.95 Å². The second kappa shape index (κ2) is 7.08. The van der Waals surface area contributed by atoms with Gasteiger partial charge in [0.1, 0.15) is 5.60 Å². The summed E-state index contributed by atoms with van der Waals surface area (Å²) in [5, 5.41) is 0. The lowest BCUT2D eigenvalue weighted by molar-refractivity contribution is -0.141. The summed E-state index contributed by atoms with van der Waals surface area (Å²) in [4.78, 5) is 23.7. The van der Waals surface area contributed by atoms with Gasteiger partial charge in [-0.05, 0) is 57.9 Å². The molecule has 28 heavy (non-hydrogen) atoms. The van der Waals surface area contributed by atoms with Crippen LogP contribution in [0, 0.1) is 12.3 Å². The van der Waals surface area contributed by atoms with Gasteiger partial charge in [0.05, 0.1) is 0 Å². The van der Waals surface area contributed by atoms with Gasteiger partial charge in [-0.15, -0.1) is 0 Å². The summed E-state index contributed by atoms with van der Waals surface area (Å²) in [7, 11) is 0. The molecule has 0 aliphatic carbocycles. The molecular formula is C19H27F3N4O2. The number of halogens is 3. The van der Waals surface area contributed by atoms with Crippen molar-refractivity contribution >= 4 is 12.0 Å². The van der Waals surface area contributed by atoms with E-state index in [0.717, 1.165) is 19.3 Å². The highest BCUT2D eigenvalue weighted by molar-refractivity contribution is 5.68. The number of hydrogen-bond donors (Lipinski definition) is 0. The topological polar surface area (TPSA) is 58.6 Å². The van der Waals surface area contributed by atoms with E-state index in [1.165, 1.54) is 13.1 Å². The van der Waals surface area contributed by atoms with Gasteiger partial charge in [0.15, 0.2) is 5.69 Å². The molecule has 2 aliphatic heterocycles. The average molecular weight is 400 g/mol. The van der Waals surface area contributed by atoms with E-state index >= 15 is 0 Å². The summed E-state index contributed by atoms with van der Waals surface area (Å²) < 4.78 is 44.9. The van der Waals surface area contributed by atoms with Crippen LogP contribution >= 0.6 is 0 Å². The monoisotopic (exact) mass is 400 g/mol. The minimum Gasteiger partial charge on any atom is -0.444 e. The van der Waals surface area contributed by atoms with E-state index in [0.29, 0.717) is 26.2 Å². The maximum absolute atomic E-state index is 13.1. The Bertz CT molecular complexity index is 738. The van der Waals surface area contributed by atoms with Crippen LogP contribution in [-0.2, 0) is 10.9 Å². The second-order valence-corrected chi connectivity index (χ2v) is 8.84. The number of carbonyl (C=O) groups is 1. The largest absolute Gasteiger partial charge is 0.444 e. The van der Waals surface area contributed by atoms with Crippen molar-refractivity contribution in [3.63, 3.8) is 0 Å². The van der Waals surface area contributed by atoms with Crippen LogP contribution in [0.5, 0.6) is 0 Å². The molecule has 2 saturated heterocycles. The number of amides is 1. The Morgan fingerprint density at radius 2 is 1.75 bits per heavy atom. The third-order valence-corrected chi connectivity index (χ3v) is 5.42. The number of piperidine rings is 1. The highest BCUT2D eigenvalue weighted by Crippen LogP contribution is 2.42. The van der Waals surface area contributed by atoms with Gasteiger partial charge in [-0.3, -0.25) is 0 Å². The molecule has 0 N–H and O–H groups in total. The molecule has 0 atom stereocenters. The predicted molar refractivity (Wildman–Crippen MR) is 98.1 cm³/mol. The minimum absolute atomic E-state index is 0.0227. The summed E-state index contributed by atoms with van der Waals surface area (Å²) in [6.45, 7) is 9.27. The smallest absolute Gasteiger partial charge is 0.433 e. The number of aromatic nitrogens is 2. The number of carbonyl (C=O) groups excluding carboxylic acids is 1. The third kappa shape index (κ3) is 4.50. The van der Waals surface area contributed by atoms with Crippen molar-refractivity contribution in [3.8, 4) is 0 Å². The maximum atomic E-state index is 13.1. The molecule has 1 aromatic rings. The molecule has 0 unspecified atom stereocenters. The van der Waals surface area contributed by atoms with Gasteiger partial charge < -0.3 is 14.5 Å². The van der Waals surface area contributed by atoms with Gasteiger partial charge in [-0.2, -0.15) is 13.2 Å². The molecule has 2 aliphatic rings. The lowest BCUT2D eigenvalue weighted by atomic mass is 9.78. The summed E-state index contributed by atoms with van der Waals surface area (Å²) in [5.41, 5.74) is -1.41. The number of ether oxygens (including phenoxy) is 1. The normalized spacial score (nSPS) is 20.0. The van der Waals surface area contributed by atoms with E-state index in [9.17, 15) is 18.0 Å². The molecule has 1 amide bonds. The van der Waals surface area contributed by atoms with Crippen LogP contribution in [0.25, 0.3) is 0 Å². The highest BCUT2D eigenvalue weighted by Gasteiger charge is 2.43. The Kier molecular flexibility index (Phi) is 5.22. The molecule has 9 heteroatoms. The van der Waals surface area contributed by atoms with Crippen LogP contribution < -0.4 is 4.90 Å². The van der Waals surface area contributed by atoms with Crippen LogP contribution in [0.3, 0.4) is 0 Å². The molecule has 3 rings (SSSR count). The Hall–Kier alpha value is -2.06. The molecule has 2 fully saturated rings. The summed E-state index contributed by atoms with van der Waals surface area (Å²) in [6.07, 6.45) is -1.12. The first kappa shape index (κ1) is 20.7. The second-order valence-electron chi connectivity index (χ2n) is 8.84. The lowest BCUT2D eigenvalue weighted by Crippen LogP contribution is -2.46. The number of alkyl halides is 3. The maximum Gasteiger partial charge on any atom is 0.433 e. The van der Waals surface area contributed by atoms with E-state index in [-0.39, 0.29) is 23.0 Å². The van der Waals surface area contributed by atoms with Crippen molar-refractivity contribution in [1.82, 2.24) is 14.9 Å². The molecule has 3 heterocycles. The molecular weight excluding hydrogens is 373 g/mol. The standard InChI is InChI=1S/C19H27F3N4O2/c1-13-11-23-15(24-14(13)19(20,21)22)26-10-7-18(12-26)5-8-25(9-6-18)16(27)28-17(2,3)4/h11H,5-10,12H2,1-4H3. The van der Waals surface area contributed by atoms with Gasteiger partial charge in [0, 0.05) is 32.4 Å². The molecule has 1 spiro atoms. The van der Waals surface area contributed by atoms with Crippen molar-refractivity contribution in [2.45, 2.75) is 58.7 Å². The molecule has 0 bridgehead atoms. The Morgan fingerprint density at radius 1 is 1.14 bits per heavy atom. The lowest BCUT2D eigenvalue weighted by Gasteiger charge is -2.39. The highest BCUT2D eigenvalue weighted by atomic mass is 19.4. The zero-order valence-corrected chi connectivity index (χ0v) is 16.8. The van der Waals surface area contributed by atoms with Gasteiger partial charge >= 0.3 is 12.3 Å². The van der Waals surface area contributed by atoms with Crippen LogP contribution in [0.1, 0.15) is 51.3 Å². The first-order chi connectivity index (χ1) is 12.9. The number of hydrogen-bond acceptors (Lipinski definition) is 5. The molecule has 0 aromatic carbocycles. The molecule has 1 aromatic heterocycles. The fourth-order valence-electron chi connectivity index (χ4n) is 3.88. The predicted octanol–water partition coefficient (Wildman–Crippen LogP) is 4.03. The summed E-state index contributed by atoms with van der Waals surface area (Å²) in [6, 6.07) is 0. The number of anilines is 1. The van der Waals surface area contributed by atoms with Crippen molar-refractivity contribution in [2.24, 2.45) is 5.41 Å². The molecule has 0 saturated carbocycles. The Morgan fingerprint density at radius 3 is 2.32 bits per heavy atom. The van der Waals surface area contributed by atoms with E-state index in [1.807, 2.05) is 25.7 Å². The Balaban J connectivity index is 1.64. The number of likely N-dealkylation sites (tertiary alicyclic amines) is 1. The van der Waals surface area contributed by atoms with E-state index in [2.05, 4.69) is 9.97 Å². The SMILES string of the molecule is Cc1cnc(N2CCC3(CCN(C(=O)OC(C)(C)C)CC3)C2)nc1C(F)(F)F. The average Bonchev–Trinajstić information content (AvgIpc) is 2.97. The minimum atomic E-state index is -4.49. The zero-order chi connectivity index (χ0) is 20.7. The van der Waals surface area contributed by atoms with Crippen LogP contribution in [0.15, 0.2) is 6.20 Å². The molecule has 156 valence electrons. The quantitative estimate of drug-likeness (QED) is 0.712. The summed E-state index contributed by atoms with van der Waals surface area (Å²) >= 11 is 0. The first-order valence-corrected chi connectivity index (χ1v) is 9.52. The van der Waals surface area contributed by atoms with E-state index in [1.54, 1.807) is 4.90 Å². The Labute approximate surface area is 163 Å². The van der Waals surface area contributed by atoms with Crippen LogP contribution in [0.2, 0.25) is 0 Å². The van der Waals surface area contributed by atoms with Crippen LogP contribution in [-0.4, -0.2) is 52.7 Å². The summed E-state index contributed by atoms with van der Waals surface area (Å²) in [5.74, 6) is 0.129. The van der Waals surface area contributed by atoms with Gasteiger partial charge in [-0.1, -0.05) is 0 Å². The van der Waals surface area contributed by atoms with Gasteiger partial charge in [-0.25, -0.2) is 14.8 Å². The zero-order valence-electron chi connectivity index (χ0n) is 16.8. The molecule has 6 nitrogen and oxygen atoms in total.